The molecule has 1 aliphatic heterocycles. The maximum Gasteiger partial charge on any atom is 0.262 e. The number of amides is 1. The summed E-state index contributed by atoms with van der Waals surface area (Å²) in [4.78, 5) is 23.9. The zero-order valence-corrected chi connectivity index (χ0v) is 16.4. The highest BCUT2D eigenvalue weighted by Gasteiger charge is 2.26. The number of hydrogen-bond donors (Lipinski definition) is 1. The van der Waals surface area contributed by atoms with Crippen LogP contribution in [-0.2, 0) is 14.8 Å². The second-order valence-corrected chi connectivity index (χ2v) is 8.46. The molecule has 28 heavy (non-hydrogen) atoms. The standard InChI is InChI=1S/C20H22N2O5S/c1-15(23)18-6-2-3-7-19(18)27-14-20(24)21-16-8-10-17(11-9-16)28(25,26)22-12-4-5-13-22/h2-3,6-11H,4-5,12-14H2,1H3,(H,21,24). The van der Waals surface area contributed by atoms with E-state index in [9.17, 15) is 18.0 Å². The van der Waals surface area contributed by atoms with Crippen LogP contribution in [0.5, 0.6) is 5.75 Å². The lowest BCUT2D eigenvalue weighted by Gasteiger charge is -2.15. The Morgan fingerprint density at radius 1 is 1.04 bits per heavy atom. The fourth-order valence-electron chi connectivity index (χ4n) is 3.01. The molecule has 0 bridgehead atoms. The number of anilines is 1. The third-order valence-electron chi connectivity index (χ3n) is 4.47. The molecule has 1 saturated heterocycles. The quantitative estimate of drug-likeness (QED) is 0.719. The van der Waals surface area contributed by atoms with E-state index in [0.29, 0.717) is 30.1 Å². The molecular formula is C20H22N2O5S. The molecule has 2 aromatic rings. The molecule has 2 aromatic carbocycles. The predicted molar refractivity (Wildman–Crippen MR) is 105 cm³/mol. The van der Waals surface area contributed by atoms with Crippen LogP contribution in [0.25, 0.3) is 0 Å². The van der Waals surface area contributed by atoms with Gasteiger partial charge in [0.15, 0.2) is 12.4 Å². The number of benzene rings is 2. The highest BCUT2D eigenvalue weighted by atomic mass is 32.2. The van der Waals surface area contributed by atoms with Crippen molar-refractivity contribution in [2.45, 2.75) is 24.7 Å². The molecule has 0 saturated carbocycles. The van der Waals surface area contributed by atoms with Gasteiger partial charge in [-0.2, -0.15) is 4.31 Å². The van der Waals surface area contributed by atoms with Gasteiger partial charge >= 0.3 is 0 Å². The van der Waals surface area contributed by atoms with Gasteiger partial charge in [0, 0.05) is 18.8 Å². The summed E-state index contributed by atoms with van der Waals surface area (Å²) in [5.41, 5.74) is 0.876. The molecule has 148 valence electrons. The summed E-state index contributed by atoms with van der Waals surface area (Å²) in [5.74, 6) is -0.212. The summed E-state index contributed by atoms with van der Waals surface area (Å²) < 4.78 is 31.9. The summed E-state index contributed by atoms with van der Waals surface area (Å²) in [7, 11) is -3.48. The Hall–Kier alpha value is -2.71. The van der Waals surface area contributed by atoms with Crippen LogP contribution < -0.4 is 10.1 Å². The highest BCUT2D eigenvalue weighted by Crippen LogP contribution is 2.22. The van der Waals surface area contributed by atoms with Crippen molar-refractivity contribution in [2.24, 2.45) is 0 Å². The van der Waals surface area contributed by atoms with Crippen LogP contribution in [-0.4, -0.2) is 44.1 Å². The average molecular weight is 402 g/mol. The summed E-state index contributed by atoms with van der Waals surface area (Å²) in [6.07, 6.45) is 1.75. The van der Waals surface area contributed by atoms with Gasteiger partial charge < -0.3 is 10.1 Å². The summed E-state index contributed by atoms with van der Waals surface area (Å²) in [6, 6.07) is 12.8. The van der Waals surface area contributed by atoms with Crippen LogP contribution in [0.2, 0.25) is 0 Å². The van der Waals surface area contributed by atoms with Crippen molar-refractivity contribution in [3.05, 3.63) is 54.1 Å². The molecule has 1 aliphatic rings. The number of nitrogens with zero attached hydrogens (tertiary/aromatic N) is 1. The number of sulfonamides is 1. The number of carbonyl (C=O) groups is 2. The van der Waals surface area contributed by atoms with Gasteiger partial charge in [0.05, 0.1) is 10.5 Å². The molecule has 7 nitrogen and oxygen atoms in total. The van der Waals surface area contributed by atoms with Crippen molar-refractivity contribution < 1.29 is 22.7 Å². The van der Waals surface area contributed by atoms with Crippen LogP contribution in [0.4, 0.5) is 5.69 Å². The van der Waals surface area contributed by atoms with Crippen LogP contribution in [0.3, 0.4) is 0 Å². The van der Waals surface area contributed by atoms with E-state index < -0.39 is 15.9 Å². The molecule has 0 aliphatic carbocycles. The van der Waals surface area contributed by atoms with Gasteiger partial charge in [-0.05, 0) is 56.2 Å². The third kappa shape index (κ3) is 4.58. The van der Waals surface area contributed by atoms with E-state index in [2.05, 4.69) is 5.32 Å². The number of carbonyl (C=O) groups excluding carboxylic acids is 2. The summed E-state index contributed by atoms with van der Waals surface area (Å²) >= 11 is 0. The van der Waals surface area contributed by atoms with Crippen molar-refractivity contribution >= 4 is 27.4 Å². The predicted octanol–water partition coefficient (Wildman–Crippen LogP) is 2.69. The minimum Gasteiger partial charge on any atom is -0.483 e. The number of para-hydroxylation sites is 1. The van der Waals surface area contributed by atoms with E-state index in [4.69, 9.17) is 4.74 Å². The van der Waals surface area contributed by atoms with Gasteiger partial charge in [0.25, 0.3) is 5.91 Å². The van der Waals surface area contributed by atoms with E-state index >= 15 is 0 Å². The number of ether oxygens (including phenoxy) is 1. The first-order valence-electron chi connectivity index (χ1n) is 9.01. The summed E-state index contributed by atoms with van der Waals surface area (Å²) in [5, 5.41) is 2.65. The van der Waals surface area contributed by atoms with Gasteiger partial charge in [-0.25, -0.2) is 8.42 Å². The van der Waals surface area contributed by atoms with Crippen molar-refractivity contribution in [2.75, 3.05) is 25.0 Å². The maximum absolute atomic E-state index is 12.5. The van der Waals surface area contributed by atoms with Gasteiger partial charge in [-0.1, -0.05) is 12.1 Å². The minimum atomic E-state index is -3.48. The smallest absolute Gasteiger partial charge is 0.262 e. The van der Waals surface area contributed by atoms with Crippen molar-refractivity contribution in [3.63, 3.8) is 0 Å². The molecule has 0 atom stereocenters. The molecule has 0 unspecified atom stereocenters. The van der Waals surface area contributed by atoms with Gasteiger partial charge in [-0.3, -0.25) is 9.59 Å². The maximum atomic E-state index is 12.5. The lowest BCUT2D eigenvalue weighted by Crippen LogP contribution is -2.27. The second kappa shape index (κ2) is 8.53. The first kappa shape index (κ1) is 20.0. The number of hydrogen-bond acceptors (Lipinski definition) is 5. The molecule has 1 N–H and O–H groups in total. The highest BCUT2D eigenvalue weighted by molar-refractivity contribution is 7.89. The number of nitrogens with one attached hydrogen (secondary N) is 1. The van der Waals surface area contributed by atoms with Crippen molar-refractivity contribution in [3.8, 4) is 5.75 Å². The number of Topliss-reactive ketones (excluding diaryl/α,β-unsaturated/α-hetero) is 1. The fraction of sp³-hybridized carbons (Fsp3) is 0.300. The van der Waals surface area contributed by atoms with E-state index in [1.54, 1.807) is 36.4 Å². The number of ketones is 1. The zero-order valence-electron chi connectivity index (χ0n) is 15.6. The molecule has 1 amide bonds. The SMILES string of the molecule is CC(=O)c1ccccc1OCC(=O)Nc1ccc(S(=O)(=O)N2CCCC2)cc1. The van der Waals surface area contributed by atoms with Crippen LogP contribution in [0, 0.1) is 0 Å². The van der Waals surface area contributed by atoms with Crippen LogP contribution in [0.1, 0.15) is 30.1 Å². The lowest BCUT2D eigenvalue weighted by molar-refractivity contribution is -0.118. The molecule has 3 rings (SSSR count). The third-order valence-corrected chi connectivity index (χ3v) is 6.38. The summed E-state index contributed by atoms with van der Waals surface area (Å²) in [6.45, 7) is 2.25. The van der Waals surface area contributed by atoms with Gasteiger partial charge in [0.1, 0.15) is 5.75 Å². The Morgan fingerprint density at radius 2 is 1.68 bits per heavy atom. The van der Waals surface area contributed by atoms with E-state index in [1.165, 1.54) is 23.4 Å². The van der Waals surface area contributed by atoms with Crippen LogP contribution in [0.15, 0.2) is 53.4 Å². The van der Waals surface area contributed by atoms with E-state index in [1.807, 2.05) is 0 Å². The molecule has 1 fully saturated rings. The van der Waals surface area contributed by atoms with Crippen molar-refractivity contribution in [1.82, 2.24) is 4.31 Å². The Labute approximate surface area is 164 Å². The largest absolute Gasteiger partial charge is 0.483 e. The Balaban J connectivity index is 1.60. The Bertz CT molecular complexity index is 964. The van der Waals surface area contributed by atoms with Gasteiger partial charge in [-0.15, -0.1) is 0 Å². The normalized spacial score (nSPS) is 14.6. The molecule has 1 heterocycles. The first-order valence-corrected chi connectivity index (χ1v) is 10.4. The van der Waals surface area contributed by atoms with Crippen molar-refractivity contribution in [1.29, 1.82) is 0 Å². The monoisotopic (exact) mass is 402 g/mol. The average Bonchev–Trinajstić information content (AvgIpc) is 3.23. The first-order chi connectivity index (χ1) is 13.4. The zero-order chi connectivity index (χ0) is 20.1. The van der Waals surface area contributed by atoms with E-state index in [0.717, 1.165) is 12.8 Å². The molecule has 0 radical (unpaired) electrons. The molecule has 0 aromatic heterocycles. The Morgan fingerprint density at radius 3 is 2.32 bits per heavy atom. The van der Waals surface area contributed by atoms with E-state index in [-0.39, 0.29) is 17.3 Å². The molecule has 8 heteroatoms. The molecular weight excluding hydrogens is 380 g/mol. The topological polar surface area (TPSA) is 92.8 Å². The Kier molecular flexibility index (Phi) is 6.11. The lowest BCUT2D eigenvalue weighted by atomic mass is 10.1. The second-order valence-electron chi connectivity index (χ2n) is 6.52. The van der Waals surface area contributed by atoms with Crippen LogP contribution >= 0.6 is 0 Å². The van der Waals surface area contributed by atoms with Gasteiger partial charge in [0.2, 0.25) is 10.0 Å². The fourth-order valence-corrected chi connectivity index (χ4v) is 4.53. The number of rotatable bonds is 7. The molecule has 0 spiro atoms. The minimum absolute atomic E-state index is 0.147.